The fourth-order valence-corrected chi connectivity index (χ4v) is 3.96. The molecule has 0 aliphatic carbocycles. The predicted molar refractivity (Wildman–Crippen MR) is 103 cm³/mol. The van der Waals surface area contributed by atoms with Crippen LogP contribution in [-0.2, 0) is 6.42 Å². The fourth-order valence-electron chi connectivity index (χ4n) is 3.77. The van der Waals surface area contributed by atoms with E-state index in [-0.39, 0.29) is 0 Å². The molecule has 4 heteroatoms. The highest BCUT2D eigenvalue weighted by atomic mass is 35.5. The van der Waals surface area contributed by atoms with Gasteiger partial charge in [0.05, 0.1) is 5.69 Å². The number of hydrogen-bond acceptors (Lipinski definition) is 3. The van der Waals surface area contributed by atoms with Gasteiger partial charge >= 0.3 is 0 Å². The Morgan fingerprint density at radius 3 is 2.67 bits per heavy atom. The van der Waals surface area contributed by atoms with Crippen molar-refractivity contribution < 1.29 is 0 Å². The molecule has 0 N–H and O–H groups in total. The van der Waals surface area contributed by atoms with Crippen LogP contribution in [-0.4, -0.2) is 48.9 Å². The molecule has 0 radical (unpaired) electrons. The number of rotatable bonds is 1. The molecular weight excluding hydrogens is 318 g/mol. The summed E-state index contributed by atoms with van der Waals surface area (Å²) in [6.07, 6.45) is 5.65. The monoisotopic (exact) mass is 345 g/mol. The van der Waals surface area contributed by atoms with Crippen LogP contribution in [0.25, 0.3) is 0 Å². The topological polar surface area (TPSA) is 18.8 Å². The summed E-state index contributed by atoms with van der Waals surface area (Å²) < 4.78 is 0. The lowest BCUT2D eigenvalue weighted by Crippen LogP contribution is -2.48. The molecule has 1 saturated heterocycles. The number of benzene rings is 1. The molecule has 2 aliphatic heterocycles. The van der Waals surface area contributed by atoms with Crippen molar-refractivity contribution in [1.82, 2.24) is 9.80 Å². The van der Waals surface area contributed by atoms with Crippen LogP contribution >= 0.6 is 11.6 Å². The zero-order chi connectivity index (χ0) is 17.1. The van der Waals surface area contributed by atoms with Crippen LogP contribution in [0.3, 0.4) is 0 Å². The average molecular weight is 346 g/mol. The molecule has 24 heavy (non-hydrogen) atoms. The van der Waals surface area contributed by atoms with Gasteiger partial charge in [-0.15, -0.1) is 0 Å². The van der Waals surface area contributed by atoms with Gasteiger partial charge in [-0.05, 0) is 68.5 Å². The van der Waals surface area contributed by atoms with Crippen molar-refractivity contribution in [3.05, 3.63) is 40.4 Å². The van der Waals surface area contributed by atoms with Crippen molar-refractivity contribution in [3.63, 3.8) is 0 Å². The zero-order valence-electron chi connectivity index (χ0n) is 15.1. The second-order valence-corrected chi connectivity index (χ2v) is 7.32. The summed E-state index contributed by atoms with van der Waals surface area (Å²) in [6.45, 7) is 8.74. The van der Waals surface area contributed by atoms with E-state index in [4.69, 9.17) is 16.6 Å². The van der Waals surface area contributed by atoms with Gasteiger partial charge in [-0.25, -0.2) is 4.99 Å². The van der Waals surface area contributed by atoms with Gasteiger partial charge in [0.2, 0.25) is 0 Å². The highest BCUT2D eigenvalue weighted by Gasteiger charge is 2.26. The summed E-state index contributed by atoms with van der Waals surface area (Å²) in [5, 5.41) is 0.810. The average Bonchev–Trinajstić information content (AvgIpc) is 2.57. The first-order valence-corrected chi connectivity index (χ1v) is 9.47. The number of hydrogen-bond donors (Lipinski definition) is 0. The number of aryl methyl sites for hydroxylation is 1. The first-order valence-electron chi connectivity index (χ1n) is 9.09. The molecule has 0 amide bonds. The molecule has 2 heterocycles. The molecule has 0 bridgehead atoms. The van der Waals surface area contributed by atoms with Crippen molar-refractivity contribution in [2.24, 2.45) is 10.9 Å². The van der Waals surface area contributed by atoms with Crippen LogP contribution in [0.1, 0.15) is 32.3 Å². The van der Waals surface area contributed by atoms with E-state index in [1.54, 1.807) is 0 Å². The highest BCUT2D eigenvalue weighted by molar-refractivity contribution is 6.30. The van der Waals surface area contributed by atoms with Gasteiger partial charge in [0.1, 0.15) is 5.84 Å². The predicted octanol–water partition coefficient (Wildman–Crippen LogP) is 4.54. The minimum atomic E-state index is 0.570. The normalized spacial score (nSPS) is 24.3. The van der Waals surface area contributed by atoms with Gasteiger partial charge in [-0.2, -0.15) is 0 Å². The summed E-state index contributed by atoms with van der Waals surface area (Å²) in [7, 11) is 2.19. The third-order valence-electron chi connectivity index (χ3n) is 5.33. The number of fused-ring (bicyclic) bond motifs is 1. The smallest absolute Gasteiger partial charge is 0.132 e. The summed E-state index contributed by atoms with van der Waals surface area (Å²) in [5.41, 5.74) is 3.78. The van der Waals surface area contributed by atoms with Crippen LogP contribution in [0, 0.1) is 5.92 Å². The lowest BCUT2D eigenvalue weighted by molar-refractivity contribution is 0.214. The van der Waals surface area contributed by atoms with Gasteiger partial charge < -0.3 is 9.80 Å². The quantitative estimate of drug-likeness (QED) is 0.744. The van der Waals surface area contributed by atoms with Crippen molar-refractivity contribution in [2.75, 3.05) is 33.2 Å². The molecule has 1 fully saturated rings. The molecule has 1 aromatic carbocycles. The van der Waals surface area contributed by atoms with E-state index in [2.05, 4.69) is 48.9 Å². The maximum atomic E-state index is 6.22. The van der Waals surface area contributed by atoms with E-state index in [0.29, 0.717) is 5.92 Å². The summed E-state index contributed by atoms with van der Waals surface area (Å²) in [6, 6.07) is 6.13. The van der Waals surface area contributed by atoms with Crippen LogP contribution in [0.2, 0.25) is 5.02 Å². The van der Waals surface area contributed by atoms with E-state index in [9.17, 15) is 0 Å². The molecule has 0 spiro atoms. The molecule has 1 atom stereocenters. The lowest BCUT2D eigenvalue weighted by atomic mass is 9.87. The Morgan fingerprint density at radius 2 is 2.00 bits per heavy atom. The maximum absolute atomic E-state index is 6.22. The largest absolute Gasteiger partial charge is 0.354 e. The molecule has 130 valence electrons. The van der Waals surface area contributed by atoms with E-state index >= 15 is 0 Å². The summed E-state index contributed by atoms with van der Waals surface area (Å²) in [5.74, 6) is 1.75. The Labute approximate surface area is 151 Å². The van der Waals surface area contributed by atoms with Crippen molar-refractivity contribution in [2.45, 2.75) is 33.1 Å². The van der Waals surface area contributed by atoms with Crippen LogP contribution in [0.4, 0.5) is 5.69 Å². The van der Waals surface area contributed by atoms with Crippen molar-refractivity contribution >= 4 is 23.1 Å². The second kappa shape index (κ2) is 7.71. The molecule has 1 unspecified atom stereocenters. The summed E-state index contributed by atoms with van der Waals surface area (Å²) in [4.78, 5) is 10.00. The van der Waals surface area contributed by atoms with E-state index in [0.717, 1.165) is 56.2 Å². The molecule has 1 aromatic rings. The number of piperazine rings is 1. The first kappa shape index (κ1) is 17.5. The first-order chi connectivity index (χ1) is 11.6. The number of halogens is 1. The SMILES string of the molecule is CC=C1C(N2CCN(C)CC2)=Nc2ccc(Cl)cc2CCC1CC. The van der Waals surface area contributed by atoms with Crippen molar-refractivity contribution in [3.8, 4) is 0 Å². The van der Waals surface area contributed by atoms with Crippen LogP contribution in [0.15, 0.2) is 34.8 Å². The van der Waals surface area contributed by atoms with E-state index in [1.165, 1.54) is 17.0 Å². The number of allylic oxidation sites excluding steroid dienone is 1. The van der Waals surface area contributed by atoms with E-state index in [1.807, 2.05) is 6.07 Å². The van der Waals surface area contributed by atoms with Gasteiger partial charge in [0.15, 0.2) is 0 Å². The lowest BCUT2D eigenvalue weighted by Gasteiger charge is -2.37. The molecule has 0 saturated carbocycles. The Hall–Kier alpha value is -1.32. The number of amidine groups is 1. The summed E-state index contributed by atoms with van der Waals surface area (Å²) >= 11 is 6.22. The van der Waals surface area contributed by atoms with Gasteiger partial charge in [-0.3, -0.25) is 0 Å². The highest BCUT2D eigenvalue weighted by Crippen LogP contribution is 2.33. The number of nitrogens with zero attached hydrogens (tertiary/aromatic N) is 3. The second-order valence-electron chi connectivity index (χ2n) is 6.89. The van der Waals surface area contributed by atoms with Crippen molar-refractivity contribution in [1.29, 1.82) is 0 Å². The standard InChI is InChI=1S/C20H28ClN3/c1-4-15-6-7-16-14-17(21)8-9-19(16)22-20(18(15)5-2)24-12-10-23(3)11-13-24/h5,8-9,14-15H,4,6-7,10-13H2,1-3H3. The Kier molecular flexibility index (Phi) is 5.62. The molecule has 3 nitrogen and oxygen atoms in total. The molecule has 2 aliphatic rings. The number of aliphatic imine (C=N–C) groups is 1. The Balaban J connectivity index is 2.04. The maximum Gasteiger partial charge on any atom is 0.132 e. The minimum absolute atomic E-state index is 0.570. The Bertz CT molecular complexity index is 642. The van der Waals surface area contributed by atoms with Gasteiger partial charge in [0.25, 0.3) is 0 Å². The third-order valence-corrected chi connectivity index (χ3v) is 5.57. The van der Waals surface area contributed by atoms with Gasteiger partial charge in [-0.1, -0.05) is 24.6 Å². The molecule has 0 aromatic heterocycles. The minimum Gasteiger partial charge on any atom is -0.354 e. The van der Waals surface area contributed by atoms with Crippen LogP contribution < -0.4 is 0 Å². The Morgan fingerprint density at radius 1 is 1.25 bits per heavy atom. The molecule has 3 rings (SSSR count). The zero-order valence-corrected chi connectivity index (χ0v) is 15.8. The van der Waals surface area contributed by atoms with Crippen LogP contribution in [0.5, 0.6) is 0 Å². The van der Waals surface area contributed by atoms with Gasteiger partial charge in [0, 0.05) is 31.2 Å². The van der Waals surface area contributed by atoms with E-state index < -0.39 is 0 Å². The molecular formula is C20H28ClN3. The number of likely N-dealkylation sites (N-methyl/N-ethyl adjacent to an activating group) is 1. The fraction of sp³-hybridized carbons (Fsp3) is 0.550. The third kappa shape index (κ3) is 3.68.